The van der Waals surface area contributed by atoms with Crippen LogP contribution in [0.15, 0.2) is 86.0 Å². The number of imidazole rings is 2. The number of ether oxygens (including phenoxy) is 2. The van der Waals surface area contributed by atoms with E-state index in [-0.39, 0.29) is 23.5 Å². The van der Waals surface area contributed by atoms with Crippen LogP contribution < -0.4 is 10.6 Å². The quantitative estimate of drug-likeness (QED) is 0.114. The second-order valence-corrected chi connectivity index (χ2v) is 12.4. The van der Waals surface area contributed by atoms with Gasteiger partial charge in [0.05, 0.1) is 25.4 Å². The summed E-state index contributed by atoms with van der Waals surface area (Å²) in [6.07, 6.45) is -1.84. The van der Waals surface area contributed by atoms with Gasteiger partial charge in [-0.15, -0.1) is 0 Å². The molecule has 4 aromatic heterocycles. The van der Waals surface area contributed by atoms with Crippen molar-refractivity contribution in [3.63, 3.8) is 0 Å². The van der Waals surface area contributed by atoms with Gasteiger partial charge in [-0.1, -0.05) is 43.3 Å². The fourth-order valence-electron chi connectivity index (χ4n) is 6.20. The van der Waals surface area contributed by atoms with Crippen molar-refractivity contribution in [3.8, 4) is 0 Å². The van der Waals surface area contributed by atoms with Crippen LogP contribution in [0.2, 0.25) is 0 Å². The number of hydrogen-bond acceptors (Lipinski definition) is 15. The van der Waals surface area contributed by atoms with Gasteiger partial charge < -0.3 is 45.6 Å². The summed E-state index contributed by atoms with van der Waals surface area (Å²) in [5.41, 5.74) is 2.33. The van der Waals surface area contributed by atoms with E-state index in [0.29, 0.717) is 39.9 Å². The van der Waals surface area contributed by atoms with E-state index in [0.717, 1.165) is 0 Å². The highest BCUT2D eigenvalue weighted by molar-refractivity contribution is 6.07. The van der Waals surface area contributed by atoms with E-state index in [4.69, 9.17) is 9.47 Å². The summed E-state index contributed by atoms with van der Waals surface area (Å²) < 4.78 is 14.2. The first-order chi connectivity index (χ1) is 26.2. The smallest absolute Gasteiger partial charge is 0.256 e. The molecular weight excluding hydrogens is 704 g/mol. The molecule has 2 aromatic carbocycles. The molecule has 6 heterocycles. The van der Waals surface area contributed by atoms with Crippen molar-refractivity contribution < 1.29 is 44.6 Å². The van der Waals surface area contributed by atoms with Crippen molar-refractivity contribution in [2.75, 3.05) is 17.2 Å². The van der Waals surface area contributed by atoms with Crippen molar-refractivity contribution >= 4 is 45.8 Å². The van der Waals surface area contributed by atoms with E-state index < -0.39 is 55.7 Å². The SMILES string of the molecule is CC[C@H]1O[C@@H](n2cnc3c(NC(=O)c4ccccc4)ncnc32)[C@H](O)[C@@H]1O.O=C(Nc1ncnc2c1ncn2[C@@H]1O[C@H](CO)[C@@H](O)[C@H]1O)c1ccccc1. The number of benzene rings is 2. The van der Waals surface area contributed by atoms with Crippen LogP contribution in [-0.4, -0.2) is 120 Å². The minimum atomic E-state index is -1.27. The van der Waals surface area contributed by atoms with E-state index in [2.05, 4.69) is 40.5 Å². The van der Waals surface area contributed by atoms with Crippen LogP contribution in [0.4, 0.5) is 11.6 Å². The second-order valence-electron chi connectivity index (χ2n) is 12.4. The number of fused-ring (bicyclic) bond motifs is 2. The highest BCUT2D eigenvalue weighted by Gasteiger charge is 2.45. The molecule has 2 aliphatic rings. The first-order valence-corrected chi connectivity index (χ1v) is 16.9. The van der Waals surface area contributed by atoms with Crippen LogP contribution in [0.5, 0.6) is 0 Å². The lowest BCUT2D eigenvalue weighted by molar-refractivity contribution is -0.0511. The van der Waals surface area contributed by atoms with Gasteiger partial charge in [-0.2, -0.15) is 0 Å². The van der Waals surface area contributed by atoms with Crippen LogP contribution in [-0.2, 0) is 9.47 Å². The van der Waals surface area contributed by atoms with Crippen LogP contribution in [0.3, 0.4) is 0 Å². The molecular formula is C35H36N10O9. The largest absolute Gasteiger partial charge is 0.394 e. The number of anilines is 2. The van der Waals surface area contributed by atoms with Crippen molar-refractivity contribution in [2.45, 2.75) is 62.4 Å². The van der Waals surface area contributed by atoms with Crippen molar-refractivity contribution in [2.24, 2.45) is 0 Å². The molecule has 2 amide bonds. The Balaban J connectivity index is 0.000000167. The number of rotatable bonds is 8. The molecule has 19 heteroatoms. The van der Waals surface area contributed by atoms with Gasteiger partial charge in [0.1, 0.15) is 43.2 Å². The maximum absolute atomic E-state index is 12.4. The summed E-state index contributed by atoms with van der Waals surface area (Å²) in [5, 5.41) is 55.2. The molecule has 54 heavy (non-hydrogen) atoms. The second kappa shape index (κ2) is 15.7. The molecule has 0 saturated carbocycles. The number of aliphatic hydroxyl groups is 5. The minimum absolute atomic E-state index is 0.208. The molecule has 0 radical (unpaired) electrons. The summed E-state index contributed by atoms with van der Waals surface area (Å²) in [5.74, 6) is -0.200. The Bertz CT molecular complexity index is 2080. The summed E-state index contributed by atoms with van der Waals surface area (Å²) in [6, 6.07) is 17.4. The molecule has 0 spiro atoms. The summed E-state index contributed by atoms with van der Waals surface area (Å²) in [6.45, 7) is 1.43. The summed E-state index contributed by atoms with van der Waals surface area (Å²) in [7, 11) is 0. The Morgan fingerprint density at radius 2 is 1.06 bits per heavy atom. The molecule has 2 saturated heterocycles. The van der Waals surface area contributed by atoms with Crippen molar-refractivity contribution in [1.82, 2.24) is 39.0 Å². The van der Waals surface area contributed by atoms with Crippen molar-refractivity contribution in [3.05, 3.63) is 97.1 Å². The van der Waals surface area contributed by atoms with Crippen LogP contribution in [0.25, 0.3) is 22.3 Å². The molecule has 6 aromatic rings. The van der Waals surface area contributed by atoms with Gasteiger partial charge in [-0.05, 0) is 30.7 Å². The number of aromatic nitrogens is 8. The zero-order valence-corrected chi connectivity index (χ0v) is 28.6. The molecule has 19 nitrogen and oxygen atoms in total. The third-order valence-electron chi connectivity index (χ3n) is 9.06. The highest BCUT2D eigenvalue weighted by Crippen LogP contribution is 2.34. The first kappa shape index (κ1) is 36.6. The lowest BCUT2D eigenvalue weighted by Gasteiger charge is -2.16. The molecule has 7 N–H and O–H groups in total. The maximum atomic E-state index is 12.4. The predicted octanol–water partition coefficient (Wildman–Crippen LogP) is 0.798. The summed E-state index contributed by atoms with van der Waals surface area (Å²) >= 11 is 0. The molecule has 0 aliphatic carbocycles. The number of hydrogen-bond donors (Lipinski definition) is 7. The van der Waals surface area contributed by atoms with Crippen LogP contribution in [0, 0.1) is 0 Å². The Kier molecular flexibility index (Phi) is 10.6. The fraction of sp³-hybridized carbons (Fsp3) is 0.314. The number of nitrogens with one attached hydrogen (secondary N) is 2. The maximum Gasteiger partial charge on any atom is 0.256 e. The van der Waals surface area contributed by atoms with E-state index in [1.54, 1.807) is 53.1 Å². The minimum Gasteiger partial charge on any atom is -0.394 e. The predicted molar refractivity (Wildman–Crippen MR) is 189 cm³/mol. The average Bonchev–Trinajstić information content (AvgIpc) is 3.97. The number of carbonyl (C=O) groups is 2. The third kappa shape index (κ3) is 6.99. The number of nitrogens with zero attached hydrogens (tertiary/aromatic N) is 8. The van der Waals surface area contributed by atoms with Gasteiger partial charge in [0, 0.05) is 11.1 Å². The lowest BCUT2D eigenvalue weighted by Crippen LogP contribution is -2.33. The first-order valence-electron chi connectivity index (χ1n) is 16.9. The molecule has 2 aliphatic heterocycles. The van der Waals surface area contributed by atoms with E-state index >= 15 is 0 Å². The number of amides is 2. The van der Waals surface area contributed by atoms with E-state index in [9.17, 15) is 35.1 Å². The Morgan fingerprint density at radius 1 is 0.630 bits per heavy atom. The summed E-state index contributed by atoms with van der Waals surface area (Å²) in [4.78, 5) is 49.8. The van der Waals surface area contributed by atoms with Gasteiger partial charge in [0.25, 0.3) is 11.8 Å². The van der Waals surface area contributed by atoms with Gasteiger partial charge in [0.15, 0.2) is 46.4 Å². The molecule has 8 rings (SSSR count). The average molecular weight is 741 g/mol. The van der Waals surface area contributed by atoms with Crippen LogP contribution in [0.1, 0.15) is 46.5 Å². The normalized spacial score (nSPS) is 25.0. The fourth-order valence-corrected chi connectivity index (χ4v) is 6.20. The number of carbonyl (C=O) groups excluding carboxylic acids is 2. The zero-order chi connectivity index (χ0) is 37.9. The number of aliphatic hydroxyl groups excluding tert-OH is 5. The van der Waals surface area contributed by atoms with E-state index in [1.807, 2.05) is 19.1 Å². The molecule has 0 bridgehead atoms. The Labute approximate surface area is 305 Å². The third-order valence-corrected chi connectivity index (χ3v) is 9.06. The molecule has 280 valence electrons. The van der Waals surface area contributed by atoms with Crippen molar-refractivity contribution in [1.29, 1.82) is 0 Å². The Morgan fingerprint density at radius 3 is 1.44 bits per heavy atom. The monoisotopic (exact) mass is 740 g/mol. The van der Waals surface area contributed by atoms with Gasteiger partial charge in [0.2, 0.25) is 0 Å². The molecule has 2 fully saturated rings. The van der Waals surface area contributed by atoms with Gasteiger partial charge in [-0.3, -0.25) is 18.7 Å². The Hall–Kier alpha value is -5.80. The van der Waals surface area contributed by atoms with Crippen LogP contribution >= 0.6 is 0 Å². The zero-order valence-electron chi connectivity index (χ0n) is 28.6. The van der Waals surface area contributed by atoms with E-state index in [1.165, 1.54) is 29.9 Å². The highest BCUT2D eigenvalue weighted by atomic mass is 16.6. The van der Waals surface area contributed by atoms with Gasteiger partial charge >= 0.3 is 0 Å². The topological polar surface area (TPSA) is 265 Å². The lowest BCUT2D eigenvalue weighted by atomic mass is 10.1. The van der Waals surface area contributed by atoms with Gasteiger partial charge in [-0.25, -0.2) is 29.9 Å². The molecule has 8 atom stereocenters. The molecule has 0 unspecified atom stereocenters. The standard InChI is InChI=1S/C18H19N5O4.C17H17N5O5/c1-2-11-13(24)14(25)18(27-11)23-9-21-12-15(19-8-20-16(12)23)22-17(26)10-6-4-3-5-7-10;23-6-10-12(24)13(25)17(27-10)22-8-20-11-14(18-7-19-15(11)22)21-16(26)9-4-2-1-3-5-9/h3-9,11,13-14,18,24-25H,2H2,1H3,(H,19,20,22,26);1-5,7-8,10,12-13,17,23-25H,6H2,(H,18,19,21,26)/t11-,13-,14-,18-;10-,12-,13-,17-/m11/s1.